The van der Waals surface area contributed by atoms with E-state index in [1.54, 1.807) is 6.08 Å². The van der Waals surface area contributed by atoms with Crippen LogP contribution in [0.2, 0.25) is 0 Å². The Bertz CT molecular complexity index is 431. The second kappa shape index (κ2) is 5.77. The van der Waals surface area contributed by atoms with Crippen molar-refractivity contribution in [3.8, 4) is 12.3 Å². The summed E-state index contributed by atoms with van der Waals surface area (Å²) in [4.78, 5) is 4.21. The van der Waals surface area contributed by atoms with E-state index in [4.69, 9.17) is 12.2 Å². The average molecular weight is 212 g/mol. The molecule has 0 radical (unpaired) electrons. The molecule has 0 unspecified atom stereocenters. The van der Waals surface area contributed by atoms with Crippen LogP contribution < -0.4 is 5.73 Å². The number of hydrogen-bond donors (Lipinski definition) is 1. The van der Waals surface area contributed by atoms with Gasteiger partial charge in [0.15, 0.2) is 0 Å². The molecule has 1 aromatic rings. The highest BCUT2D eigenvalue weighted by Gasteiger charge is 1.97. The third kappa shape index (κ3) is 3.62. The summed E-state index contributed by atoms with van der Waals surface area (Å²) < 4.78 is 0. The fourth-order valence-corrected chi connectivity index (χ4v) is 1.25. The zero-order chi connectivity index (χ0) is 12.0. The number of rotatable bonds is 3. The van der Waals surface area contributed by atoms with Gasteiger partial charge in [0, 0.05) is 0 Å². The van der Waals surface area contributed by atoms with Crippen molar-refractivity contribution in [3.05, 3.63) is 42.0 Å². The molecule has 16 heavy (non-hydrogen) atoms. The minimum atomic E-state index is 0.412. The summed E-state index contributed by atoms with van der Waals surface area (Å²) in [7, 11) is 0. The molecule has 0 heterocycles. The monoisotopic (exact) mass is 212 g/mol. The van der Waals surface area contributed by atoms with E-state index < -0.39 is 0 Å². The van der Waals surface area contributed by atoms with Crippen LogP contribution in [-0.2, 0) is 0 Å². The molecule has 0 amide bonds. The fourth-order valence-electron chi connectivity index (χ4n) is 1.25. The molecule has 2 nitrogen and oxygen atoms in total. The van der Waals surface area contributed by atoms with Gasteiger partial charge in [0.1, 0.15) is 5.84 Å². The van der Waals surface area contributed by atoms with Crippen molar-refractivity contribution in [2.24, 2.45) is 10.7 Å². The van der Waals surface area contributed by atoms with Crippen LogP contribution in [0.4, 0.5) is 5.69 Å². The molecule has 0 aliphatic carbocycles. The number of amidine groups is 1. The van der Waals surface area contributed by atoms with Gasteiger partial charge in [-0.05, 0) is 35.8 Å². The normalized spacial score (nSPS) is 12.0. The van der Waals surface area contributed by atoms with Crippen molar-refractivity contribution in [2.45, 2.75) is 19.8 Å². The zero-order valence-corrected chi connectivity index (χ0v) is 9.64. The Morgan fingerprint density at radius 2 is 2.00 bits per heavy atom. The lowest BCUT2D eigenvalue weighted by molar-refractivity contribution is 0.867. The lowest BCUT2D eigenvalue weighted by Gasteiger charge is -2.04. The SMILES string of the molecule is C#C/C=C\C(N)=Nc1ccc(C(C)C)cc1. The standard InChI is InChI=1S/C14H16N2/c1-4-5-6-14(15)16-13-9-7-12(8-10-13)11(2)3/h1,5-11H,2-3H3,(H2,15,16)/b6-5-. The summed E-state index contributed by atoms with van der Waals surface area (Å²) >= 11 is 0. The minimum Gasteiger partial charge on any atom is -0.384 e. The Balaban J connectivity index is 2.83. The van der Waals surface area contributed by atoms with Crippen LogP contribution >= 0.6 is 0 Å². The third-order valence-corrected chi connectivity index (χ3v) is 2.17. The highest BCUT2D eigenvalue weighted by atomic mass is 14.8. The number of nitrogens with two attached hydrogens (primary N) is 1. The Kier molecular flexibility index (Phi) is 4.35. The van der Waals surface area contributed by atoms with Gasteiger partial charge in [-0.15, -0.1) is 6.42 Å². The van der Waals surface area contributed by atoms with Crippen LogP contribution in [0, 0.1) is 12.3 Å². The van der Waals surface area contributed by atoms with E-state index in [-0.39, 0.29) is 0 Å². The molecular formula is C14H16N2. The fraction of sp³-hybridized carbons (Fsp3) is 0.214. The van der Waals surface area contributed by atoms with E-state index in [1.807, 2.05) is 12.1 Å². The van der Waals surface area contributed by atoms with Gasteiger partial charge < -0.3 is 5.73 Å². The molecule has 0 spiro atoms. The highest BCUT2D eigenvalue weighted by molar-refractivity contribution is 5.93. The van der Waals surface area contributed by atoms with Crippen molar-refractivity contribution < 1.29 is 0 Å². The van der Waals surface area contributed by atoms with E-state index in [2.05, 4.69) is 36.9 Å². The number of benzene rings is 1. The van der Waals surface area contributed by atoms with Crippen molar-refractivity contribution in [3.63, 3.8) is 0 Å². The van der Waals surface area contributed by atoms with E-state index in [9.17, 15) is 0 Å². The first-order valence-electron chi connectivity index (χ1n) is 5.20. The van der Waals surface area contributed by atoms with E-state index in [0.29, 0.717) is 11.8 Å². The average Bonchev–Trinajstić information content (AvgIpc) is 2.27. The van der Waals surface area contributed by atoms with Gasteiger partial charge in [-0.25, -0.2) is 4.99 Å². The molecule has 2 N–H and O–H groups in total. The van der Waals surface area contributed by atoms with Crippen LogP contribution in [0.3, 0.4) is 0 Å². The maximum Gasteiger partial charge on any atom is 0.124 e. The van der Waals surface area contributed by atoms with Crippen LogP contribution in [0.15, 0.2) is 41.4 Å². The van der Waals surface area contributed by atoms with Crippen LogP contribution in [-0.4, -0.2) is 5.84 Å². The molecule has 0 atom stereocenters. The number of aliphatic imine (C=N–C) groups is 1. The lowest BCUT2D eigenvalue weighted by atomic mass is 10.0. The maximum atomic E-state index is 5.66. The van der Waals surface area contributed by atoms with Crippen molar-refractivity contribution in [2.75, 3.05) is 0 Å². The Labute approximate surface area is 96.9 Å². The first kappa shape index (κ1) is 12.1. The molecule has 2 heteroatoms. The molecule has 0 aromatic heterocycles. The summed E-state index contributed by atoms with van der Waals surface area (Å²) in [5.74, 6) is 3.30. The largest absolute Gasteiger partial charge is 0.384 e. The Morgan fingerprint density at radius 3 is 2.50 bits per heavy atom. The summed E-state index contributed by atoms with van der Waals surface area (Å²) in [6, 6.07) is 8.02. The maximum absolute atomic E-state index is 5.66. The van der Waals surface area contributed by atoms with Crippen LogP contribution in [0.5, 0.6) is 0 Å². The molecule has 0 fully saturated rings. The van der Waals surface area contributed by atoms with Crippen molar-refractivity contribution in [1.82, 2.24) is 0 Å². The number of allylic oxidation sites excluding steroid dienone is 1. The summed E-state index contributed by atoms with van der Waals surface area (Å²) in [6.07, 6.45) is 8.21. The van der Waals surface area contributed by atoms with Gasteiger partial charge in [-0.1, -0.05) is 31.9 Å². The molecule has 1 aromatic carbocycles. The van der Waals surface area contributed by atoms with Gasteiger partial charge in [-0.2, -0.15) is 0 Å². The zero-order valence-electron chi connectivity index (χ0n) is 9.64. The molecule has 0 aliphatic heterocycles. The van der Waals surface area contributed by atoms with E-state index in [1.165, 1.54) is 11.6 Å². The van der Waals surface area contributed by atoms with Crippen LogP contribution in [0.1, 0.15) is 25.3 Å². The van der Waals surface area contributed by atoms with Crippen molar-refractivity contribution >= 4 is 11.5 Å². The predicted octanol–water partition coefficient (Wildman–Crippen LogP) is 2.99. The topological polar surface area (TPSA) is 38.4 Å². The molecule has 0 saturated heterocycles. The Morgan fingerprint density at radius 1 is 1.38 bits per heavy atom. The van der Waals surface area contributed by atoms with Crippen molar-refractivity contribution in [1.29, 1.82) is 0 Å². The van der Waals surface area contributed by atoms with E-state index in [0.717, 1.165) is 5.69 Å². The third-order valence-electron chi connectivity index (χ3n) is 2.17. The molecule has 0 saturated carbocycles. The summed E-state index contributed by atoms with van der Waals surface area (Å²) in [6.45, 7) is 4.31. The van der Waals surface area contributed by atoms with Gasteiger partial charge in [0.05, 0.1) is 5.69 Å². The smallest absolute Gasteiger partial charge is 0.124 e. The second-order valence-corrected chi connectivity index (χ2v) is 3.78. The second-order valence-electron chi connectivity index (χ2n) is 3.78. The van der Waals surface area contributed by atoms with E-state index >= 15 is 0 Å². The Hall–Kier alpha value is -2.01. The van der Waals surface area contributed by atoms with Gasteiger partial charge in [-0.3, -0.25) is 0 Å². The quantitative estimate of drug-likeness (QED) is 0.467. The predicted molar refractivity (Wildman–Crippen MR) is 69.8 cm³/mol. The number of nitrogens with zero attached hydrogens (tertiary/aromatic N) is 1. The molecule has 0 bridgehead atoms. The number of terminal acetylenes is 1. The molecular weight excluding hydrogens is 196 g/mol. The van der Waals surface area contributed by atoms with Crippen LogP contribution in [0.25, 0.3) is 0 Å². The highest BCUT2D eigenvalue weighted by Crippen LogP contribution is 2.18. The molecule has 0 aliphatic rings. The van der Waals surface area contributed by atoms with Gasteiger partial charge >= 0.3 is 0 Å². The minimum absolute atomic E-state index is 0.412. The first-order valence-corrected chi connectivity index (χ1v) is 5.20. The summed E-state index contributed by atoms with van der Waals surface area (Å²) in [5.41, 5.74) is 7.78. The van der Waals surface area contributed by atoms with Gasteiger partial charge in [0.25, 0.3) is 0 Å². The molecule has 1 rings (SSSR count). The lowest BCUT2D eigenvalue weighted by Crippen LogP contribution is -2.06. The first-order chi connectivity index (χ1) is 7.63. The van der Waals surface area contributed by atoms with Gasteiger partial charge in [0.2, 0.25) is 0 Å². The summed E-state index contributed by atoms with van der Waals surface area (Å²) in [5, 5.41) is 0. The molecule has 82 valence electrons. The number of hydrogen-bond acceptors (Lipinski definition) is 1.